The molecule has 5 rings (SSSR count). The number of carbonyl (C=O) groups is 1. The molecule has 0 N–H and O–H groups in total. The van der Waals surface area contributed by atoms with E-state index in [-0.39, 0.29) is 18.1 Å². The molecule has 0 radical (unpaired) electrons. The second-order valence-electron chi connectivity index (χ2n) is 8.42. The number of hydrogen-bond donors (Lipinski definition) is 0. The predicted molar refractivity (Wildman–Crippen MR) is 119 cm³/mol. The lowest BCUT2D eigenvalue weighted by Gasteiger charge is -2.46. The van der Waals surface area contributed by atoms with Gasteiger partial charge in [-0.05, 0) is 40.1 Å². The molecule has 3 aromatic rings. The monoisotopic (exact) mass is 444 g/mol. The van der Waals surface area contributed by atoms with Crippen molar-refractivity contribution in [1.82, 2.24) is 35.0 Å². The highest BCUT2D eigenvalue weighted by Crippen LogP contribution is 2.30. The van der Waals surface area contributed by atoms with Crippen molar-refractivity contribution in [1.29, 1.82) is 0 Å². The van der Waals surface area contributed by atoms with Crippen LogP contribution in [0.25, 0.3) is 10.7 Å². The number of nitrogens with zero attached hydrogens (tertiary/aromatic N) is 8. The van der Waals surface area contributed by atoms with Crippen LogP contribution in [0.15, 0.2) is 42.9 Å². The average Bonchev–Trinajstić information content (AvgIpc) is 3.39. The highest BCUT2D eigenvalue weighted by Gasteiger charge is 2.35. The first-order chi connectivity index (χ1) is 16.1. The maximum Gasteiger partial charge on any atom is 0.227 e. The summed E-state index contributed by atoms with van der Waals surface area (Å²) in [6.07, 6.45) is 3.48. The highest BCUT2D eigenvalue weighted by atomic mass is 16.5. The molecule has 10 nitrogen and oxygen atoms in total. The van der Waals surface area contributed by atoms with E-state index >= 15 is 0 Å². The van der Waals surface area contributed by atoms with E-state index in [2.05, 4.69) is 36.3 Å². The van der Waals surface area contributed by atoms with E-state index in [1.165, 1.54) is 11.0 Å². The Hall–Kier alpha value is -3.68. The largest absolute Gasteiger partial charge is 0.370 e. The van der Waals surface area contributed by atoms with Gasteiger partial charge in [0.25, 0.3) is 0 Å². The Balaban J connectivity index is 1.17. The van der Waals surface area contributed by atoms with Crippen LogP contribution in [0.1, 0.15) is 22.8 Å². The Labute approximate surface area is 191 Å². The van der Waals surface area contributed by atoms with E-state index in [1.54, 1.807) is 12.3 Å². The number of pyridine rings is 1. The molecule has 168 valence electrons. The molecular weight excluding hydrogens is 420 g/mol. The van der Waals surface area contributed by atoms with Crippen LogP contribution in [-0.2, 0) is 16.0 Å². The standard InChI is InChI=1S/C23H24N8O2/c1-16-9-18(4-5-20(16)24-2)21-13-29-7-8-30(12-19(29)14-33-21)23(32)10-17-3-6-22(25-11-17)31-15-26-27-28-31/h3-6,9,11,15,19,21H,7-8,10,12-14H2,1H3/t19-,21+/m1/s1. The normalized spacial score (nSPS) is 20.8. The number of hydrogen-bond acceptors (Lipinski definition) is 7. The minimum absolute atomic E-state index is 0.00763. The molecule has 1 aromatic carbocycles. The zero-order valence-electron chi connectivity index (χ0n) is 18.3. The molecule has 0 spiro atoms. The predicted octanol–water partition coefficient (Wildman–Crippen LogP) is 1.74. The quantitative estimate of drug-likeness (QED) is 0.566. The molecule has 2 aliphatic rings. The molecule has 10 heteroatoms. The van der Waals surface area contributed by atoms with Crippen molar-refractivity contribution in [2.24, 2.45) is 0 Å². The Morgan fingerprint density at radius 3 is 2.88 bits per heavy atom. The molecule has 2 aliphatic heterocycles. The van der Waals surface area contributed by atoms with Crippen LogP contribution in [-0.4, -0.2) is 79.7 Å². The Kier molecular flexibility index (Phi) is 5.81. The lowest BCUT2D eigenvalue weighted by atomic mass is 10.0. The van der Waals surface area contributed by atoms with Gasteiger partial charge in [-0.1, -0.05) is 24.3 Å². The first-order valence-electron chi connectivity index (χ1n) is 10.9. The molecule has 0 aliphatic carbocycles. The lowest BCUT2D eigenvalue weighted by Crippen LogP contribution is -2.59. The number of aromatic nitrogens is 5. The third kappa shape index (κ3) is 4.46. The van der Waals surface area contributed by atoms with Crippen LogP contribution in [0.5, 0.6) is 0 Å². The second-order valence-corrected chi connectivity index (χ2v) is 8.42. The average molecular weight is 444 g/mol. The molecule has 4 heterocycles. The van der Waals surface area contributed by atoms with E-state index in [4.69, 9.17) is 11.3 Å². The van der Waals surface area contributed by atoms with Gasteiger partial charge in [-0.2, -0.15) is 4.68 Å². The van der Waals surface area contributed by atoms with Gasteiger partial charge in [0, 0.05) is 32.4 Å². The third-order valence-corrected chi connectivity index (χ3v) is 6.31. The van der Waals surface area contributed by atoms with Gasteiger partial charge in [0.15, 0.2) is 11.5 Å². The molecule has 0 bridgehead atoms. The Morgan fingerprint density at radius 2 is 2.15 bits per heavy atom. The zero-order valence-corrected chi connectivity index (χ0v) is 18.3. The van der Waals surface area contributed by atoms with Crippen molar-refractivity contribution in [3.63, 3.8) is 0 Å². The summed E-state index contributed by atoms with van der Waals surface area (Å²) in [5, 5.41) is 11.0. The number of piperazine rings is 1. The van der Waals surface area contributed by atoms with E-state index in [9.17, 15) is 4.79 Å². The fraction of sp³-hybridized carbons (Fsp3) is 0.391. The van der Waals surface area contributed by atoms with E-state index in [0.29, 0.717) is 37.6 Å². The minimum Gasteiger partial charge on any atom is -0.370 e. The number of amides is 1. The molecule has 2 fully saturated rings. The van der Waals surface area contributed by atoms with Crippen LogP contribution < -0.4 is 0 Å². The van der Waals surface area contributed by atoms with Crippen molar-refractivity contribution in [3.8, 4) is 5.82 Å². The van der Waals surface area contributed by atoms with E-state index < -0.39 is 0 Å². The van der Waals surface area contributed by atoms with E-state index in [1.807, 2.05) is 30.0 Å². The number of tetrazole rings is 1. The summed E-state index contributed by atoms with van der Waals surface area (Å²) in [4.78, 5) is 25.1. The van der Waals surface area contributed by atoms with Gasteiger partial charge in [0.05, 0.1) is 31.7 Å². The van der Waals surface area contributed by atoms with Crippen molar-refractivity contribution in [2.75, 3.05) is 32.8 Å². The second kappa shape index (κ2) is 9.05. The number of morpholine rings is 1. The summed E-state index contributed by atoms with van der Waals surface area (Å²) in [5.74, 6) is 0.705. The number of carbonyl (C=O) groups excluding carboxylic acids is 1. The fourth-order valence-corrected chi connectivity index (χ4v) is 4.43. The molecule has 33 heavy (non-hydrogen) atoms. The van der Waals surface area contributed by atoms with Crippen LogP contribution >= 0.6 is 0 Å². The molecular formula is C23H24N8O2. The van der Waals surface area contributed by atoms with Gasteiger partial charge in [-0.15, -0.1) is 5.10 Å². The SMILES string of the molecule is [C-]#[N+]c1ccc([C@@H]2CN3CCN(C(=O)Cc4ccc(-n5cnnn5)nc4)C[C@@H]3CO2)cc1C. The summed E-state index contributed by atoms with van der Waals surface area (Å²) in [7, 11) is 0. The van der Waals surface area contributed by atoms with Crippen LogP contribution in [0.3, 0.4) is 0 Å². The summed E-state index contributed by atoms with van der Waals surface area (Å²) < 4.78 is 7.65. The van der Waals surface area contributed by atoms with Crippen molar-refractivity contribution in [3.05, 3.63) is 71.0 Å². The first-order valence-corrected chi connectivity index (χ1v) is 10.9. The summed E-state index contributed by atoms with van der Waals surface area (Å²) in [6, 6.07) is 9.80. The van der Waals surface area contributed by atoms with Gasteiger partial charge in [0.1, 0.15) is 6.33 Å². The Morgan fingerprint density at radius 1 is 1.24 bits per heavy atom. The van der Waals surface area contributed by atoms with Gasteiger partial charge in [-0.3, -0.25) is 9.69 Å². The van der Waals surface area contributed by atoms with Gasteiger partial charge in [0.2, 0.25) is 5.91 Å². The molecule has 2 aromatic heterocycles. The van der Waals surface area contributed by atoms with E-state index in [0.717, 1.165) is 29.8 Å². The molecule has 0 unspecified atom stereocenters. The van der Waals surface area contributed by atoms with Crippen molar-refractivity contribution in [2.45, 2.75) is 25.5 Å². The number of benzene rings is 1. The van der Waals surface area contributed by atoms with Crippen molar-refractivity contribution >= 4 is 11.6 Å². The number of ether oxygens (including phenoxy) is 1. The smallest absolute Gasteiger partial charge is 0.227 e. The first kappa shape index (κ1) is 21.2. The highest BCUT2D eigenvalue weighted by molar-refractivity contribution is 5.79. The number of aryl methyl sites for hydroxylation is 1. The molecule has 0 saturated carbocycles. The van der Waals surface area contributed by atoms with Crippen LogP contribution in [0.4, 0.5) is 5.69 Å². The summed E-state index contributed by atoms with van der Waals surface area (Å²) in [5.41, 5.74) is 3.62. The topological polar surface area (TPSA) is 93.6 Å². The maximum atomic E-state index is 12.9. The van der Waals surface area contributed by atoms with Gasteiger partial charge >= 0.3 is 0 Å². The van der Waals surface area contributed by atoms with Crippen LogP contribution in [0.2, 0.25) is 0 Å². The number of fused-ring (bicyclic) bond motifs is 1. The zero-order chi connectivity index (χ0) is 22.8. The van der Waals surface area contributed by atoms with Gasteiger partial charge in [-0.25, -0.2) is 9.83 Å². The molecule has 2 atom stereocenters. The summed E-state index contributed by atoms with van der Waals surface area (Å²) >= 11 is 0. The van der Waals surface area contributed by atoms with Gasteiger partial charge < -0.3 is 9.64 Å². The molecule has 2 saturated heterocycles. The minimum atomic E-state index is -0.00763. The lowest BCUT2D eigenvalue weighted by molar-refractivity contribution is -0.139. The number of rotatable bonds is 4. The van der Waals surface area contributed by atoms with Crippen LogP contribution in [0, 0.1) is 13.5 Å². The molecule has 1 amide bonds. The van der Waals surface area contributed by atoms with Crippen molar-refractivity contribution < 1.29 is 9.53 Å². The fourth-order valence-electron chi connectivity index (χ4n) is 4.43. The third-order valence-electron chi connectivity index (χ3n) is 6.31. The summed E-state index contributed by atoms with van der Waals surface area (Å²) in [6.45, 7) is 12.8. The Bertz CT molecular complexity index is 1170. The maximum absolute atomic E-state index is 12.9.